The molecule has 1 aliphatic rings. The highest BCUT2D eigenvalue weighted by Gasteiger charge is 2.22. The first-order valence-electron chi connectivity index (χ1n) is 6.82. The number of rotatable bonds is 4. The zero-order chi connectivity index (χ0) is 14.7. The normalized spacial score (nSPS) is 16.4. The lowest BCUT2D eigenvalue weighted by Gasteiger charge is -2.21. The quantitative estimate of drug-likeness (QED) is 0.914. The molecular weight excluding hydrogens is 259 g/mol. The summed E-state index contributed by atoms with van der Waals surface area (Å²) >= 11 is 0. The van der Waals surface area contributed by atoms with Gasteiger partial charge in [-0.1, -0.05) is 0 Å². The fourth-order valence-electron chi connectivity index (χ4n) is 2.37. The summed E-state index contributed by atoms with van der Waals surface area (Å²) in [5.41, 5.74) is 0.878. The number of hydrogen-bond donors (Lipinski definition) is 1. The highest BCUT2D eigenvalue weighted by Crippen LogP contribution is 2.11. The van der Waals surface area contributed by atoms with E-state index in [1.807, 2.05) is 6.92 Å². The Morgan fingerprint density at radius 1 is 1.50 bits per heavy atom. The molecule has 1 aliphatic heterocycles. The lowest BCUT2D eigenvalue weighted by molar-refractivity contribution is -0.127. The van der Waals surface area contributed by atoms with E-state index in [4.69, 9.17) is 0 Å². The van der Waals surface area contributed by atoms with Crippen molar-refractivity contribution in [2.24, 2.45) is 0 Å². The van der Waals surface area contributed by atoms with Crippen LogP contribution >= 0.6 is 0 Å². The second kappa shape index (κ2) is 6.03. The first kappa shape index (κ1) is 14.5. The molecule has 0 aliphatic carbocycles. The van der Waals surface area contributed by atoms with Crippen LogP contribution in [-0.2, 0) is 4.79 Å². The summed E-state index contributed by atoms with van der Waals surface area (Å²) in [4.78, 5) is 25.3. The number of likely N-dealkylation sites (tertiary alicyclic amines) is 1. The third-order valence-corrected chi connectivity index (χ3v) is 3.46. The van der Waals surface area contributed by atoms with Gasteiger partial charge in [0.2, 0.25) is 5.91 Å². The SMILES string of the molecule is Cc1cc(C(=O)NC(C)CN2CCCC2=O)ccc1F. The van der Waals surface area contributed by atoms with Crippen molar-refractivity contribution in [1.82, 2.24) is 10.2 Å². The van der Waals surface area contributed by atoms with Gasteiger partial charge in [0.15, 0.2) is 0 Å². The summed E-state index contributed by atoms with van der Waals surface area (Å²) in [7, 11) is 0. The van der Waals surface area contributed by atoms with Crippen LogP contribution in [0.3, 0.4) is 0 Å². The summed E-state index contributed by atoms with van der Waals surface area (Å²) in [6, 6.07) is 4.15. The summed E-state index contributed by atoms with van der Waals surface area (Å²) in [5, 5.41) is 2.84. The maximum atomic E-state index is 13.2. The Labute approximate surface area is 118 Å². The van der Waals surface area contributed by atoms with E-state index >= 15 is 0 Å². The molecule has 20 heavy (non-hydrogen) atoms. The predicted molar refractivity (Wildman–Crippen MR) is 73.9 cm³/mol. The van der Waals surface area contributed by atoms with Gasteiger partial charge < -0.3 is 10.2 Å². The van der Waals surface area contributed by atoms with Crippen molar-refractivity contribution in [3.05, 3.63) is 35.1 Å². The van der Waals surface area contributed by atoms with Crippen LogP contribution in [0.25, 0.3) is 0 Å². The lowest BCUT2D eigenvalue weighted by atomic mass is 10.1. The first-order valence-corrected chi connectivity index (χ1v) is 6.82. The molecule has 1 N–H and O–H groups in total. The molecule has 0 aromatic heterocycles. The fraction of sp³-hybridized carbons (Fsp3) is 0.467. The highest BCUT2D eigenvalue weighted by molar-refractivity contribution is 5.94. The number of nitrogens with zero attached hydrogens (tertiary/aromatic N) is 1. The smallest absolute Gasteiger partial charge is 0.251 e. The van der Waals surface area contributed by atoms with Crippen LogP contribution in [0.5, 0.6) is 0 Å². The highest BCUT2D eigenvalue weighted by atomic mass is 19.1. The van der Waals surface area contributed by atoms with Crippen molar-refractivity contribution in [1.29, 1.82) is 0 Å². The molecule has 1 heterocycles. The Hall–Kier alpha value is -1.91. The Bertz CT molecular complexity index is 531. The van der Waals surface area contributed by atoms with Crippen LogP contribution in [0.15, 0.2) is 18.2 Å². The molecule has 2 amide bonds. The zero-order valence-electron chi connectivity index (χ0n) is 11.8. The molecule has 0 saturated carbocycles. The second-order valence-electron chi connectivity index (χ2n) is 5.28. The van der Waals surface area contributed by atoms with E-state index in [0.717, 1.165) is 13.0 Å². The van der Waals surface area contributed by atoms with Crippen LogP contribution in [0.1, 0.15) is 35.7 Å². The Morgan fingerprint density at radius 2 is 2.25 bits per heavy atom. The van der Waals surface area contributed by atoms with Crippen molar-refractivity contribution in [3.8, 4) is 0 Å². The number of benzene rings is 1. The average Bonchev–Trinajstić information content (AvgIpc) is 2.78. The number of aryl methyl sites for hydroxylation is 1. The molecule has 1 atom stereocenters. The van der Waals surface area contributed by atoms with Crippen LogP contribution in [0.2, 0.25) is 0 Å². The molecule has 1 unspecified atom stereocenters. The van der Waals surface area contributed by atoms with Gasteiger partial charge in [-0.15, -0.1) is 0 Å². The molecule has 1 aromatic carbocycles. The minimum Gasteiger partial charge on any atom is -0.348 e. The average molecular weight is 278 g/mol. The maximum absolute atomic E-state index is 13.2. The number of hydrogen-bond acceptors (Lipinski definition) is 2. The fourth-order valence-corrected chi connectivity index (χ4v) is 2.37. The van der Waals surface area contributed by atoms with Crippen LogP contribution in [-0.4, -0.2) is 35.8 Å². The van der Waals surface area contributed by atoms with Gasteiger partial charge in [0, 0.05) is 31.1 Å². The number of carbonyl (C=O) groups excluding carboxylic acids is 2. The number of amides is 2. The summed E-state index contributed by atoms with van der Waals surface area (Å²) in [6.45, 7) is 4.76. The third-order valence-electron chi connectivity index (χ3n) is 3.46. The largest absolute Gasteiger partial charge is 0.348 e. The van der Waals surface area contributed by atoms with Crippen molar-refractivity contribution in [2.75, 3.05) is 13.1 Å². The number of nitrogens with one attached hydrogen (secondary N) is 1. The minimum absolute atomic E-state index is 0.130. The van der Waals surface area contributed by atoms with Crippen LogP contribution in [0, 0.1) is 12.7 Å². The van der Waals surface area contributed by atoms with Gasteiger partial charge in [-0.2, -0.15) is 0 Å². The van der Waals surface area contributed by atoms with E-state index in [1.54, 1.807) is 11.8 Å². The molecule has 1 fully saturated rings. The van der Waals surface area contributed by atoms with Crippen LogP contribution in [0.4, 0.5) is 4.39 Å². The topological polar surface area (TPSA) is 49.4 Å². The molecular formula is C15H19FN2O2. The molecule has 0 spiro atoms. The van der Waals surface area contributed by atoms with Crippen LogP contribution < -0.4 is 5.32 Å². The molecule has 108 valence electrons. The van der Waals surface area contributed by atoms with Gasteiger partial charge >= 0.3 is 0 Å². The Balaban J connectivity index is 1.93. The predicted octanol–water partition coefficient (Wildman–Crippen LogP) is 1.87. The minimum atomic E-state index is -0.322. The van der Waals surface area contributed by atoms with Gasteiger partial charge in [0.25, 0.3) is 5.91 Å². The first-order chi connectivity index (χ1) is 9.47. The molecule has 1 saturated heterocycles. The van der Waals surface area contributed by atoms with Gasteiger partial charge in [-0.05, 0) is 44.0 Å². The van der Waals surface area contributed by atoms with E-state index in [0.29, 0.717) is 24.1 Å². The number of carbonyl (C=O) groups is 2. The summed E-state index contributed by atoms with van der Waals surface area (Å²) in [6.07, 6.45) is 1.48. The van der Waals surface area contributed by atoms with Crippen molar-refractivity contribution < 1.29 is 14.0 Å². The maximum Gasteiger partial charge on any atom is 0.251 e. The molecule has 4 nitrogen and oxygen atoms in total. The van der Waals surface area contributed by atoms with Gasteiger partial charge in [0.05, 0.1) is 0 Å². The Morgan fingerprint density at radius 3 is 2.85 bits per heavy atom. The van der Waals surface area contributed by atoms with Gasteiger partial charge in [-0.25, -0.2) is 4.39 Å². The standard InChI is InChI=1S/C15H19FN2O2/c1-10-8-12(5-6-13(10)16)15(20)17-11(2)9-18-7-3-4-14(18)19/h5-6,8,11H,3-4,7,9H2,1-2H3,(H,17,20). The van der Waals surface area contributed by atoms with Crippen molar-refractivity contribution in [2.45, 2.75) is 32.7 Å². The summed E-state index contributed by atoms with van der Waals surface area (Å²) < 4.78 is 13.2. The third kappa shape index (κ3) is 3.35. The lowest BCUT2D eigenvalue weighted by Crippen LogP contribution is -2.42. The van der Waals surface area contributed by atoms with Crippen molar-refractivity contribution in [3.63, 3.8) is 0 Å². The molecule has 0 radical (unpaired) electrons. The van der Waals surface area contributed by atoms with Gasteiger partial charge in [0.1, 0.15) is 5.82 Å². The monoisotopic (exact) mass is 278 g/mol. The van der Waals surface area contributed by atoms with E-state index in [9.17, 15) is 14.0 Å². The van der Waals surface area contributed by atoms with E-state index < -0.39 is 0 Å². The Kier molecular flexibility index (Phi) is 4.37. The molecule has 1 aromatic rings. The molecule has 5 heteroatoms. The molecule has 0 bridgehead atoms. The van der Waals surface area contributed by atoms with Crippen molar-refractivity contribution >= 4 is 11.8 Å². The van der Waals surface area contributed by atoms with E-state index in [1.165, 1.54) is 18.2 Å². The second-order valence-corrected chi connectivity index (χ2v) is 5.28. The number of halogens is 1. The van der Waals surface area contributed by atoms with E-state index in [2.05, 4.69) is 5.32 Å². The molecule has 2 rings (SSSR count). The zero-order valence-corrected chi connectivity index (χ0v) is 11.8. The summed E-state index contributed by atoms with van der Waals surface area (Å²) in [5.74, 6) is -0.423. The van der Waals surface area contributed by atoms with Gasteiger partial charge in [-0.3, -0.25) is 9.59 Å². The van der Waals surface area contributed by atoms with E-state index in [-0.39, 0.29) is 23.7 Å².